The van der Waals surface area contributed by atoms with Crippen molar-refractivity contribution in [1.29, 1.82) is 0 Å². The van der Waals surface area contributed by atoms with Gasteiger partial charge in [0.05, 0.1) is 24.5 Å². The van der Waals surface area contributed by atoms with E-state index in [-0.39, 0.29) is 23.9 Å². The smallest absolute Gasteiger partial charge is 0.257 e. The number of carbonyl (C=O) groups is 2. The van der Waals surface area contributed by atoms with Gasteiger partial charge in [-0.3, -0.25) is 19.4 Å². The zero-order valence-corrected chi connectivity index (χ0v) is 24.4. The third kappa shape index (κ3) is 6.08. The second-order valence-electron chi connectivity index (χ2n) is 11.7. The van der Waals surface area contributed by atoms with Gasteiger partial charge in [0.25, 0.3) is 11.8 Å². The summed E-state index contributed by atoms with van der Waals surface area (Å²) in [6.45, 7) is 2.59. The molecule has 4 aromatic rings. The van der Waals surface area contributed by atoms with E-state index in [9.17, 15) is 9.59 Å². The summed E-state index contributed by atoms with van der Waals surface area (Å²) in [6, 6.07) is 32.1. The van der Waals surface area contributed by atoms with Crippen LogP contribution in [0.5, 0.6) is 0 Å². The highest BCUT2D eigenvalue weighted by molar-refractivity contribution is 5.86. The van der Waals surface area contributed by atoms with Crippen LogP contribution in [0, 0.1) is 0 Å². The van der Waals surface area contributed by atoms with Crippen molar-refractivity contribution in [2.45, 2.75) is 51.1 Å². The number of fused-ring (bicyclic) bond motifs is 2. The summed E-state index contributed by atoms with van der Waals surface area (Å²) in [7, 11) is 0. The number of rotatable bonds is 0. The summed E-state index contributed by atoms with van der Waals surface area (Å²) in [4.78, 5) is 31.3. The Morgan fingerprint density at radius 3 is 1.30 bits per heavy atom. The monoisotopic (exact) mass is 582 g/mol. The number of hydrogen-bond acceptors (Lipinski definition) is 6. The van der Waals surface area contributed by atoms with E-state index in [4.69, 9.17) is 0 Å². The number of hydrogen-bond donors (Lipinski definition) is 2. The molecule has 44 heavy (non-hydrogen) atoms. The molecule has 2 atom stereocenters. The maximum Gasteiger partial charge on any atom is 0.257 e. The van der Waals surface area contributed by atoms with Gasteiger partial charge in [0, 0.05) is 26.2 Å². The lowest BCUT2D eigenvalue weighted by Crippen LogP contribution is -2.48. The van der Waals surface area contributed by atoms with Gasteiger partial charge in [-0.2, -0.15) is 10.2 Å². The van der Waals surface area contributed by atoms with E-state index in [0.717, 1.165) is 22.3 Å². The van der Waals surface area contributed by atoms with E-state index in [2.05, 4.69) is 55.1 Å². The molecule has 0 unspecified atom stereocenters. The van der Waals surface area contributed by atoms with E-state index < -0.39 is 0 Å². The van der Waals surface area contributed by atoms with Crippen LogP contribution in [0.1, 0.15) is 44.5 Å². The van der Waals surface area contributed by atoms with Crippen LogP contribution in [-0.4, -0.2) is 46.1 Å². The van der Waals surface area contributed by atoms with Crippen LogP contribution in [0.4, 0.5) is 0 Å². The van der Waals surface area contributed by atoms with Crippen molar-refractivity contribution in [1.82, 2.24) is 20.7 Å². The average molecular weight is 583 g/mol. The summed E-state index contributed by atoms with van der Waals surface area (Å²) >= 11 is 0. The first-order valence-corrected chi connectivity index (χ1v) is 15.0. The van der Waals surface area contributed by atoms with Gasteiger partial charge in [-0.25, -0.2) is 10.9 Å². The molecule has 2 N–H and O–H groups in total. The Kier molecular flexibility index (Phi) is 7.83. The van der Waals surface area contributed by atoms with Gasteiger partial charge in [-0.05, 0) is 57.3 Å². The van der Waals surface area contributed by atoms with Gasteiger partial charge in [-0.15, -0.1) is 0 Å². The predicted octanol–water partition coefficient (Wildman–Crippen LogP) is 4.15. The molecule has 8 heteroatoms. The van der Waals surface area contributed by atoms with E-state index >= 15 is 0 Å². The molecule has 4 bridgehead atoms. The Balaban J connectivity index is 1.18. The van der Waals surface area contributed by atoms with Crippen LogP contribution in [0.25, 0.3) is 0 Å². The van der Waals surface area contributed by atoms with Crippen molar-refractivity contribution >= 4 is 24.2 Å². The standard InChI is InChI=1S/C36H34N6O2/c43-35-33-17-29-5-1-3-7-31(29)23-41(33)21-27-13-9-26(10-14-27)20-38-40-36(44)34-18-30-6-2-4-8-32(30)24-42(34)22-28-15-11-25(12-16-28)19-37-39-35/h1-16,19-20,33-34H,17-18,21-24H2,(H,39,43)(H,40,44)/b37-19-,38-20-/t33-,34-/m0/s1. The molecule has 4 aromatic carbocycles. The molecule has 6 aliphatic heterocycles. The molecule has 0 spiro atoms. The molecule has 6 heterocycles. The number of benzene rings is 4. The van der Waals surface area contributed by atoms with Crippen molar-refractivity contribution in [2.24, 2.45) is 10.2 Å². The van der Waals surface area contributed by atoms with Crippen LogP contribution in [0.2, 0.25) is 0 Å². The van der Waals surface area contributed by atoms with Gasteiger partial charge >= 0.3 is 0 Å². The maximum absolute atomic E-state index is 13.4. The normalized spacial score (nSPS) is 22.2. The van der Waals surface area contributed by atoms with Crippen molar-refractivity contribution < 1.29 is 9.59 Å². The number of nitrogens with zero attached hydrogens (tertiary/aromatic N) is 4. The van der Waals surface area contributed by atoms with Gasteiger partial charge in [0.2, 0.25) is 0 Å². The van der Waals surface area contributed by atoms with Crippen LogP contribution in [0.3, 0.4) is 0 Å². The Hall–Kier alpha value is -4.92. The third-order valence-corrected chi connectivity index (χ3v) is 8.80. The van der Waals surface area contributed by atoms with E-state index in [1.807, 2.05) is 72.8 Å². The van der Waals surface area contributed by atoms with Crippen molar-refractivity contribution in [3.63, 3.8) is 0 Å². The first kappa shape index (κ1) is 27.9. The van der Waals surface area contributed by atoms with Crippen molar-refractivity contribution in [3.8, 4) is 0 Å². The first-order valence-electron chi connectivity index (χ1n) is 15.0. The molecule has 8 nitrogen and oxygen atoms in total. The molecule has 0 aromatic heterocycles. The number of nitrogens with one attached hydrogen (secondary N) is 2. The van der Waals surface area contributed by atoms with Crippen molar-refractivity contribution in [2.75, 3.05) is 0 Å². The lowest BCUT2D eigenvalue weighted by Gasteiger charge is -2.35. The zero-order valence-electron chi connectivity index (χ0n) is 24.4. The molecule has 220 valence electrons. The summed E-state index contributed by atoms with van der Waals surface area (Å²) in [5, 5.41) is 8.64. The molecular weight excluding hydrogens is 548 g/mol. The molecule has 6 aliphatic rings. The fourth-order valence-electron chi connectivity index (χ4n) is 6.38. The Labute approximate surface area is 257 Å². The molecular formula is C36H34N6O2. The topological polar surface area (TPSA) is 89.4 Å². The highest BCUT2D eigenvalue weighted by Crippen LogP contribution is 2.27. The third-order valence-electron chi connectivity index (χ3n) is 8.80. The van der Waals surface area contributed by atoms with Gasteiger partial charge < -0.3 is 0 Å². The van der Waals surface area contributed by atoms with Crippen LogP contribution in [0.15, 0.2) is 107 Å². The number of hydrazone groups is 2. The van der Waals surface area contributed by atoms with Gasteiger partial charge in [0.15, 0.2) is 0 Å². The van der Waals surface area contributed by atoms with E-state index in [1.54, 1.807) is 12.4 Å². The predicted molar refractivity (Wildman–Crippen MR) is 171 cm³/mol. The van der Waals surface area contributed by atoms with Crippen LogP contribution in [-0.2, 0) is 48.6 Å². The molecule has 0 saturated heterocycles. The summed E-state index contributed by atoms with van der Waals surface area (Å²) in [5.74, 6) is -0.240. The minimum Gasteiger partial charge on any atom is -0.283 e. The largest absolute Gasteiger partial charge is 0.283 e. The lowest BCUT2D eigenvalue weighted by molar-refractivity contribution is -0.128. The summed E-state index contributed by atoms with van der Waals surface area (Å²) in [5.41, 5.74) is 14.4. The Bertz CT molecular complexity index is 1600. The van der Waals surface area contributed by atoms with E-state index in [1.165, 1.54) is 22.3 Å². The van der Waals surface area contributed by atoms with E-state index in [0.29, 0.717) is 39.0 Å². The van der Waals surface area contributed by atoms with Gasteiger partial charge in [-0.1, -0.05) is 97.1 Å². The quantitative estimate of drug-likeness (QED) is 0.326. The first-order chi connectivity index (χ1) is 21.6. The summed E-state index contributed by atoms with van der Waals surface area (Å²) in [6.07, 6.45) is 4.61. The molecule has 2 amide bonds. The Morgan fingerprint density at radius 1 is 0.500 bits per heavy atom. The minimum atomic E-state index is -0.346. The second kappa shape index (κ2) is 12.4. The fraction of sp³-hybridized carbons (Fsp3) is 0.222. The SMILES string of the molecule is O=C1N/N=C\c2ccc(cc2)CN2Cc3ccccc3C[C@H]2C(=O)N/N=C\c2ccc(cc2)CN2Cc3ccccc3C[C@@H]12. The Morgan fingerprint density at radius 2 is 0.886 bits per heavy atom. The molecule has 0 aliphatic carbocycles. The molecule has 0 fully saturated rings. The molecule has 0 saturated carbocycles. The average Bonchev–Trinajstić information content (AvgIpc) is 3.05. The van der Waals surface area contributed by atoms with Crippen molar-refractivity contribution in [3.05, 3.63) is 142 Å². The fourth-order valence-corrected chi connectivity index (χ4v) is 6.38. The highest BCUT2D eigenvalue weighted by atomic mass is 16.2. The molecule has 0 radical (unpaired) electrons. The van der Waals surface area contributed by atoms with Crippen LogP contribution < -0.4 is 10.9 Å². The number of carbonyl (C=O) groups excluding carboxylic acids is 2. The maximum atomic E-state index is 13.4. The van der Waals surface area contributed by atoms with Gasteiger partial charge in [0.1, 0.15) is 0 Å². The highest BCUT2D eigenvalue weighted by Gasteiger charge is 2.32. The van der Waals surface area contributed by atoms with Crippen LogP contribution >= 0.6 is 0 Å². The second-order valence-corrected chi connectivity index (χ2v) is 11.7. The lowest BCUT2D eigenvalue weighted by atomic mass is 9.93. The molecule has 10 rings (SSSR count). The summed E-state index contributed by atoms with van der Waals surface area (Å²) < 4.78 is 0. The minimum absolute atomic E-state index is 0.120. The number of amides is 2. The zero-order chi connectivity index (χ0) is 29.9.